The van der Waals surface area contributed by atoms with Crippen molar-refractivity contribution in [2.24, 2.45) is 0 Å². The van der Waals surface area contributed by atoms with Gasteiger partial charge in [-0.25, -0.2) is 0 Å². The Balaban J connectivity index is 2.05. The molecular formula is C15H21NO3. The van der Waals surface area contributed by atoms with Gasteiger partial charge < -0.3 is 15.1 Å². The molecule has 2 unspecified atom stereocenters. The fourth-order valence-corrected chi connectivity index (χ4v) is 2.63. The summed E-state index contributed by atoms with van der Waals surface area (Å²) in [6.07, 6.45) is 1.90. The van der Waals surface area contributed by atoms with E-state index in [0.29, 0.717) is 19.4 Å². The zero-order valence-corrected chi connectivity index (χ0v) is 11.0. The second-order valence-electron chi connectivity index (χ2n) is 5.05. The standard InChI is InChI=1S/C15H21NO3/c17-10-4-7-13(11-12-5-2-1-3-6-12)16-9-8-14(18)15(16)19/h1-3,5-6,13-14,17-18H,4,7-11H2. The summed E-state index contributed by atoms with van der Waals surface area (Å²) < 4.78 is 0. The highest BCUT2D eigenvalue weighted by atomic mass is 16.3. The summed E-state index contributed by atoms with van der Waals surface area (Å²) in [4.78, 5) is 13.7. The number of benzene rings is 1. The van der Waals surface area contributed by atoms with E-state index in [-0.39, 0.29) is 18.6 Å². The summed E-state index contributed by atoms with van der Waals surface area (Å²) in [5, 5.41) is 18.6. The Labute approximate surface area is 113 Å². The monoisotopic (exact) mass is 263 g/mol. The van der Waals surface area contributed by atoms with Gasteiger partial charge in [0.25, 0.3) is 5.91 Å². The van der Waals surface area contributed by atoms with Crippen molar-refractivity contribution in [3.8, 4) is 0 Å². The minimum Gasteiger partial charge on any atom is -0.396 e. The minimum absolute atomic E-state index is 0.0687. The van der Waals surface area contributed by atoms with Crippen LogP contribution >= 0.6 is 0 Å². The van der Waals surface area contributed by atoms with Gasteiger partial charge in [0, 0.05) is 19.2 Å². The van der Waals surface area contributed by atoms with Crippen molar-refractivity contribution < 1.29 is 15.0 Å². The van der Waals surface area contributed by atoms with Crippen molar-refractivity contribution >= 4 is 5.91 Å². The lowest BCUT2D eigenvalue weighted by atomic mass is 10.0. The highest BCUT2D eigenvalue weighted by Crippen LogP contribution is 2.20. The SMILES string of the molecule is O=C1C(O)CCN1C(CCCO)Cc1ccccc1. The van der Waals surface area contributed by atoms with Gasteiger partial charge in [-0.05, 0) is 31.2 Å². The maximum atomic E-state index is 11.9. The zero-order chi connectivity index (χ0) is 13.7. The predicted molar refractivity (Wildman–Crippen MR) is 72.6 cm³/mol. The molecule has 2 N–H and O–H groups in total. The number of carbonyl (C=O) groups excluding carboxylic acids is 1. The highest BCUT2D eigenvalue weighted by Gasteiger charge is 2.34. The molecule has 2 rings (SSSR count). The molecule has 2 atom stereocenters. The first-order chi connectivity index (χ1) is 9.22. The van der Waals surface area contributed by atoms with Gasteiger partial charge in [-0.3, -0.25) is 4.79 Å². The van der Waals surface area contributed by atoms with Crippen molar-refractivity contribution in [3.05, 3.63) is 35.9 Å². The molecule has 1 aromatic rings. The Morgan fingerprint density at radius 3 is 2.63 bits per heavy atom. The van der Waals surface area contributed by atoms with Crippen LogP contribution in [0.2, 0.25) is 0 Å². The molecule has 0 aliphatic carbocycles. The Morgan fingerprint density at radius 2 is 2.05 bits per heavy atom. The molecule has 1 aliphatic heterocycles. The van der Waals surface area contributed by atoms with E-state index >= 15 is 0 Å². The van der Waals surface area contributed by atoms with Crippen LogP contribution in [0, 0.1) is 0 Å². The van der Waals surface area contributed by atoms with Crippen LogP contribution in [-0.2, 0) is 11.2 Å². The summed E-state index contributed by atoms with van der Waals surface area (Å²) in [5.41, 5.74) is 1.18. The van der Waals surface area contributed by atoms with Gasteiger partial charge in [-0.1, -0.05) is 30.3 Å². The van der Waals surface area contributed by atoms with Gasteiger partial charge >= 0.3 is 0 Å². The number of amides is 1. The molecule has 4 nitrogen and oxygen atoms in total. The zero-order valence-electron chi connectivity index (χ0n) is 11.0. The Hall–Kier alpha value is -1.39. The lowest BCUT2D eigenvalue weighted by Gasteiger charge is -2.28. The van der Waals surface area contributed by atoms with Gasteiger partial charge in [-0.2, -0.15) is 0 Å². The number of rotatable bonds is 6. The van der Waals surface area contributed by atoms with Gasteiger partial charge in [-0.15, -0.1) is 0 Å². The van der Waals surface area contributed by atoms with Crippen molar-refractivity contribution in [2.45, 2.75) is 37.8 Å². The van der Waals surface area contributed by atoms with Crippen LogP contribution in [-0.4, -0.2) is 46.3 Å². The average Bonchev–Trinajstić information content (AvgIpc) is 2.76. The van der Waals surface area contributed by atoms with E-state index in [1.807, 2.05) is 30.3 Å². The largest absolute Gasteiger partial charge is 0.396 e. The smallest absolute Gasteiger partial charge is 0.251 e. The Kier molecular flexibility index (Phi) is 4.93. The first-order valence-electron chi connectivity index (χ1n) is 6.85. The number of hydrogen-bond donors (Lipinski definition) is 2. The molecule has 1 saturated heterocycles. The normalized spacial score (nSPS) is 20.8. The van der Waals surface area contributed by atoms with Gasteiger partial charge in [0.15, 0.2) is 0 Å². The van der Waals surface area contributed by atoms with E-state index < -0.39 is 6.10 Å². The van der Waals surface area contributed by atoms with E-state index in [1.54, 1.807) is 4.90 Å². The average molecular weight is 263 g/mol. The summed E-state index contributed by atoms with van der Waals surface area (Å²) >= 11 is 0. The van der Waals surface area contributed by atoms with Gasteiger partial charge in [0.1, 0.15) is 6.10 Å². The number of nitrogens with zero attached hydrogens (tertiary/aromatic N) is 1. The number of carbonyl (C=O) groups is 1. The van der Waals surface area contributed by atoms with E-state index in [2.05, 4.69) is 0 Å². The molecule has 0 spiro atoms. The van der Waals surface area contributed by atoms with E-state index in [0.717, 1.165) is 12.8 Å². The van der Waals surface area contributed by atoms with E-state index in [9.17, 15) is 9.90 Å². The minimum atomic E-state index is -0.840. The van der Waals surface area contributed by atoms with Crippen LogP contribution in [0.25, 0.3) is 0 Å². The van der Waals surface area contributed by atoms with Crippen molar-refractivity contribution in [1.82, 2.24) is 4.90 Å². The molecule has 1 heterocycles. The van der Waals surface area contributed by atoms with Crippen LogP contribution in [0.1, 0.15) is 24.8 Å². The molecule has 1 fully saturated rings. The lowest BCUT2D eigenvalue weighted by Crippen LogP contribution is -2.40. The summed E-state index contributed by atoms with van der Waals surface area (Å²) in [6, 6.07) is 10.1. The quantitative estimate of drug-likeness (QED) is 0.804. The Bertz CT molecular complexity index is 407. The topological polar surface area (TPSA) is 60.8 Å². The van der Waals surface area contributed by atoms with Crippen molar-refractivity contribution in [1.29, 1.82) is 0 Å². The van der Waals surface area contributed by atoms with Gasteiger partial charge in [0.05, 0.1) is 0 Å². The maximum absolute atomic E-state index is 11.9. The van der Waals surface area contributed by atoms with Crippen LogP contribution in [0.4, 0.5) is 0 Å². The molecule has 4 heteroatoms. The predicted octanol–water partition coefficient (Wildman–Crippen LogP) is 0.963. The van der Waals surface area contributed by atoms with Crippen LogP contribution < -0.4 is 0 Å². The van der Waals surface area contributed by atoms with E-state index in [4.69, 9.17) is 5.11 Å². The summed E-state index contributed by atoms with van der Waals surface area (Å²) in [7, 11) is 0. The lowest BCUT2D eigenvalue weighted by molar-refractivity contribution is -0.136. The van der Waals surface area contributed by atoms with Crippen molar-refractivity contribution in [3.63, 3.8) is 0 Å². The molecular weight excluding hydrogens is 242 g/mol. The van der Waals surface area contributed by atoms with Crippen LogP contribution in [0.3, 0.4) is 0 Å². The molecule has 19 heavy (non-hydrogen) atoms. The number of hydrogen-bond acceptors (Lipinski definition) is 3. The highest BCUT2D eigenvalue weighted by molar-refractivity contribution is 5.83. The van der Waals surface area contributed by atoms with E-state index in [1.165, 1.54) is 5.56 Å². The third-order valence-corrected chi connectivity index (χ3v) is 3.66. The van der Waals surface area contributed by atoms with Crippen LogP contribution in [0.5, 0.6) is 0 Å². The molecule has 0 bridgehead atoms. The fourth-order valence-electron chi connectivity index (χ4n) is 2.63. The molecule has 0 saturated carbocycles. The second-order valence-corrected chi connectivity index (χ2v) is 5.05. The second kappa shape index (κ2) is 6.68. The number of likely N-dealkylation sites (tertiary alicyclic amines) is 1. The summed E-state index contributed by atoms with van der Waals surface area (Å²) in [6.45, 7) is 0.749. The maximum Gasteiger partial charge on any atom is 0.251 e. The molecule has 1 aromatic carbocycles. The first kappa shape index (κ1) is 14.0. The van der Waals surface area contributed by atoms with Crippen molar-refractivity contribution in [2.75, 3.05) is 13.2 Å². The van der Waals surface area contributed by atoms with Crippen LogP contribution in [0.15, 0.2) is 30.3 Å². The third-order valence-electron chi connectivity index (χ3n) is 3.66. The first-order valence-corrected chi connectivity index (χ1v) is 6.85. The number of aliphatic hydroxyl groups is 2. The fraction of sp³-hybridized carbons (Fsp3) is 0.533. The Morgan fingerprint density at radius 1 is 1.32 bits per heavy atom. The molecule has 1 aliphatic rings. The molecule has 0 radical (unpaired) electrons. The molecule has 0 aromatic heterocycles. The summed E-state index contributed by atoms with van der Waals surface area (Å²) in [5.74, 6) is -0.168. The third kappa shape index (κ3) is 3.55. The van der Waals surface area contributed by atoms with Gasteiger partial charge in [0.2, 0.25) is 0 Å². The molecule has 1 amide bonds. The number of aliphatic hydroxyl groups excluding tert-OH is 2. The molecule has 104 valence electrons.